The van der Waals surface area contributed by atoms with Crippen LogP contribution >= 0.6 is 11.3 Å². The van der Waals surface area contributed by atoms with Crippen LogP contribution in [0.3, 0.4) is 0 Å². The molecular weight excluding hydrogens is 160 g/mol. The van der Waals surface area contributed by atoms with Crippen molar-refractivity contribution in [2.45, 2.75) is 6.42 Å². The highest BCUT2D eigenvalue weighted by molar-refractivity contribution is 7.16. The standard InChI is InChI=1S/C7H8N2OS/c8-3-1-6-9-7-5(10-6)2-4-11-7/h2,4H,1,3,8H2. The minimum absolute atomic E-state index is 0.591. The summed E-state index contributed by atoms with van der Waals surface area (Å²) in [6.07, 6.45) is 0.724. The molecule has 0 atom stereocenters. The molecule has 0 spiro atoms. The number of nitrogens with zero attached hydrogens (tertiary/aromatic N) is 1. The third-order valence-electron chi connectivity index (χ3n) is 1.42. The summed E-state index contributed by atoms with van der Waals surface area (Å²) in [7, 11) is 0. The predicted molar refractivity (Wildman–Crippen MR) is 44.6 cm³/mol. The van der Waals surface area contributed by atoms with E-state index in [0.717, 1.165) is 22.7 Å². The van der Waals surface area contributed by atoms with Crippen molar-refractivity contribution in [3.8, 4) is 0 Å². The van der Waals surface area contributed by atoms with Crippen molar-refractivity contribution in [1.29, 1.82) is 0 Å². The van der Waals surface area contributed by atoms with Crippen LogP contribution in [0.2, 0.25) is 0 Å². The average Bonchev–Trinajstić information content (AvgIpc) is 2.46. The Hall–Kier alpha value is -0.870. The van der Waals surface area contributed by atoms with Gasteiger partial charge in [0.15, 0.2) is 16.3 Å². The number of aromatic nitrogens is 1. The summed E-state index contributed by atoms with van der Waals surface area (Å²) in [6.45, 7) is 0.591. The maximum Gasteiger partial charge on any atom is 0.197 e. The summed E-state index contributed by atoms with van der Waals surface area (Å²) in [4.78, 5) is 5.20. The van der Waals surface area contributed by atoms with Gasteiger partial charge in [0.1, 0.15) is 0 Å². The van der Waals surface area contributed by atoms with Crippen molar-refractivity contribution < 1.29 is 4.42 Å². The number of hydrogen-bond donors (Lipinski definition) is 1. The van der Waals surface area contributed by atoms with Gasteiger partial charge in [0.25, 0.3) is 0 Å². The van der Waals surface area contributed by atoms with Gasteiger partial charge < -0.3 is 10.2 Å². The minimum Gasteiger partial charge on any atom is -0.440 e. The SMILES string of the molecule is NCCc1nc2sccc2o1. The monoisotopic (exact) mass is 168 g/mol. The Morgan fingerprint density at radius 1 is 1.64 bits per heavy atom. The molecule has 11 heavy (non-hydrogen) atoms. The molecule has 4 heteroatoms. The van der Waals surface area contributed by atoms with E-state index in [0.29, 0.717) is 6.54 Å². The second-order valence-corrected chi connectivity index (χ2v) is 3.13. The maximum absolute atomic E-state index is 5.37. The molecule has 0 fully saturated rings. The number of oxazole rings is 1. The first kappa shape index (κ1) is 6.82. The smallest absolute Gasteiger partial charge is 0.197 e. The van der Waals surface area contributed by atoms with Gasteiger partial charge in [0, 0.05) is 13.0 Å². The highest BCUT2D eigenvalue weighted by atomic mass is 32.1. The van der Waals surface area contributed by atoms with Crippen LogP contribution in [0.5, 0.6) is 0 Å². The zero-order chi connectivity index (χ0) is 7.68. The molecule has 2 aromatic rings. The van der Waals surface area contributed by atoms with Crippen molar-refractivity contribution >= 4 is 21.8 Å². The van der Waals surface area contributed by atoms with Gasteiger partial charge in [0.05, 0.1) is 0 Å². The Kier molecular flexibility index (Phi) is 1.63. The molecular formula is C7H8N2OS. The minimum atomic E-state index is 0.591. The third kappa shape index (κ3) is 1.15. The molecule has 0 saturated carbocycles. The Labute approximate surface area is 67.8 Å². The summed E-state index contributed by atoms with van der Waals surface area (Å²) in [6, 6.07) is 1.92. The zero-order valence-electron chi connectivity index (χ0n) is 5.91. The van der Waals surface area contributed by atoms with E-state index in [1.54, 1.807) is 11.3 Å². The topological polar surface area (TPSA) is 52.0 Å². The highest BCUT2D eigenvalue weighted by Crippen LogP contribution is 2.20. The van der Waals surface area contributed by atoms with E-state index >= 15 is 0 Å². The van der Waals surface area contributed by atoms with Crippen molar-refractivity contribution in [3.05, 3.63) is 17.3 Å². The van der Waals surface area contributed by atoms with Gasteiger partial charge in [-0.15, -0.1) is 11.3 Å². The number of rotatable bonds is 2. The van der Waals surface area contributed by atoms with E-state index in [1.807, 2.05) is 11.4 Å². The fourth-order valence-electron chi connectivity index (χ4n) is 0.942. The second-order valence-electron chi connectivity index (χ2n) is 2.24. The molecule has 0 amide bonds. The first-order valence-corrected chi connectivity index (χ1v) is 4.31. The van der Waals surface area contributed by atoms with Gasteiger partial charge in [-0.05, 0) is 11.4 Å². The lowest BCUT2D eigenvalue weighted by Gasteiger charge is -1.85. The molecule has 0 aliphatic carbocycles. The summed E-state index contributed by atoms with van der Waals surface area (Å²) >= 11 is 1.59. The molecule has 2 N–H and O–H groups in total. The van der Waals surface area contributed by atoms with Crippen LogP contribution in [0.1, 0.15) is 5.89 Å². The predicted octanol–water partition coefficient (Wildman–Crippen LogP) is 1.39. The van der Waals surface area contributed by atoms with E-state index in [2.05, 4.69) is 4.98 Å². The van der Waals surface area contributed by atoms with Gasteiger partial charge in [-0.2, -0.15) is 0 Å². The van der Waals surface area contributed by atoms with Gasteiger partial charge >= 0.3 is 0 Å². The number of hydrogen-bond acceptors (Lipinski definition) is 4. The molecule has 2 heterocycles. The summed E-state index contributed by atoms with van der Waals surface area (Å²) < 4.78 is 5.37. The van der Waals surface area contributed by atoms with Crippen LogP contribution < -0.4 is 5.73 Å². The van der Waals surface area contributed by atoms with Crippen molar-refractivity contribution in [2.75, 3.05) is 6.54 Å². The lowest BCUT2D eigenvalue weighted by atomic mass is 10.4. The van der Waals surface area contributed by atoms with Gasteiger partial charge in [-0.25, -0.2) is 4.98 Å². The Balaban J connectivity index is 2.42. The molecule has 0 radical (unpaired) electrons. The van der Waals surface area contributed by atoms with Crippen molar-refractivity contribution in [2.24, 2.45) is 5.73 Å². The normalized spacial score (nSPS) is 11.0. The van der Waals surface area contributed by atoms with E-state index in [-0.39, 0.29) is 0 Å². The lowest BCUT2D eigenvalue weighted by Crippen LogP contribution is -2.02. The lowest BCUT2D eigenvalue weighted by molar-refractivity contribution is 0.531. The highest BCUT2D eigenvalue weighted by Gasteiger charge is 2.04. The van der Waals surface area contributed by atoms with E-state index in [1.165, 1.54) is 0 Å². The van der Waals surface area contributed by atoms with Crippen molar-refractivity contribution in [3.63, 3.8) is 0 Å². The van der Waals surface area contributed by atoms with Crippen LogP contribution in [0.4, 0.5) is 0 Å². The number of fused-ring (bicyclic) bond motifs is 1. The first-order valence-electron chi connectivity index (χ1n) is 3.43. The van der Waals surface area contributed by atoms with E-state index < -0.39 is 0 Å². The molecule has 0 aliphatic rings. The third-order valence-corrected chi connectivity index (χ3v) is 2.21. The second kappa shape index (κ2) is 2.64. The quantitative estimate of drug-likeness (QED) is 0.737. The Morgan fingerprint density at radius 3 is 3.27 bits per heavy atom. The summed E-state index contributed by atoms with van der Waals surface area (Å²) in [5, 5.41) is 1.97. The summed E-state index contributed by atoms with van der Waals surface area (Å²) in [5.74, 6) is 0.745. The Bertz CT molecular complexity index is 323. The van der Waals surface area contributed by atoms with Gasteiger partial charge in [-0.1, -0.05) is 0 Å². The molecule has 2 aromatic heterocycles. The molecule has 0 aromatic carbocycles. The van der Waals surface area contributed by atoms with Crippen LogP contribution in [-0.2, 0) is 6.42 Å². The van der Waals surface area contributed by atoms with E-state index in [9.17, 15) is 0 Å². The van der Waals surface area contributed by atoms with Gasteiger partial charge in [0.2, 0.25) is 0 Å². The van der Waals surface area contributed by atoms with E-state index in [4.69, 9.17) is 10.2 Å². The van der Waals surface area contributed by atoms with Crippen LogP contribution in [0.25, 0.3) is 10.4 Å². The maximum atomic E-state index is 5.37. The first-order chi connectivity index (χ1) is 5.40. The van der Waals surface area contributed by atoms with Crippen molar-refractivity contribution in [1.82, 2.24) is 4.98 Å². The van der Waals surface area contributed by atoms with Crippen LogP contribution in [0, 0.1) is 0 Å². The van der Waals surface area contributed by atoms with Gasteiger partial charge in [-0.3, -0.25) is 0 Å². The zero-order valence-corrected chi connectivity index (χ0v) is 6.73. The Morgan fingerprint density at radius 2 is 2.55 bits per heavy atom. The molecule has 0 aliphatic heterocycles. The number of thiophene rings is 1. The fraction of sp³-hybridized carbons (Fsp3) is 0.286. The average molecular weight is 168 g/mol. The molecule has 0 bridgehead atoms. The number of nitrogens with two attached hydrogens (primary N) is 1. The molecule has 2 rings (SSSR count). The summed E-state index contributed by atoms with van der Waals surface area (Å²) in [5.41, 5.74) is 6.23. The largest absolute Gasteiger partial charge is 0.440 e. The van der Waals surface area contributed by atoms with Crippen LogP contribution in [-0.4, -0.2) is 11.5 Å². The molecule has 0 unspecified atom stereocenters. The molecule has 0 saturated heterocycles. The fourth-order valence-corrected chi connectivity index (χ4v) is 1.64. The molecule has 3 nitrogen and oxygen atoms in total. The van der Waals surface area contributed by atoms with Crippen LogP contribution in [0.15, 0.2) is 15.9 Å². The molecule has 58 valence electrons.